The van der Waals surface area contributed by atoms with E-state index in [9.17, 15) is 14.0 Å². The molecule has 1 fully saturated rings. The fourth-order valence-electron chi connectivity index (χ4n) is 1.79. The van der Waals surface area contributed by atoms with Crippen LogP contribution in [0.3, 0.4) is 0 Å². The zero-order chi connectivity index (χ0) is 13.1. The molecule has 0 saturated carbocycles. The molecule has 1 aromatic heterocycles. The van der Waals surface area contributed by atoms with Crippen LogP contribution in [0.15, 0.2) is 21.9 Å². The molecular weight excluding hydrogens is 243 g/mol. The lowest BCUT2D eigenvalue weighted by Crippen LogP contribution is -2.31. The van der Waals surface area contributed by atoms with Crippen LogP contribution in [0.25, 0.3) is 0 Å². The van der Waals surface area contributed by atoms with Crippen LogP contribution in [-0.2, 0) is 9.47 Å². The van der Waals surface area contributed by atoms with Gasteiger partial charge in [0.15, 0.2) is 0 Å². The highest BCUT2D eigenvalue weighted by Gasteiger charge is 2.37. The Labute approximate surface area is 101 Å². The molecule has 1 N–H and O–H groups in total. The number of alkyl halides is 1. The van der Waals surface area contributed by atoms with E-state index in [1.807, 2.05) is 6.11 Å². The Hall–Kier alpha value is -2.07. The van der Waals surface area contributed by atoms with Gasteiger partial charge in [0.25, 0.3) is 5.56 Å². The fraction of sp³-hybridized carbons (Fsp3) is 0.455. The molecule has 18 heavy (non-hydrogen) atoms. The van der Waals surface area contributed by atoms with Gasteiger partial charge in [0, 0.05) is 18.7 Å². The molecule has 0 spiro atoms. The number of ether oxygens (including phenoxy) is 2. The minimum atomic E-state index is -1.28. The molecule has 0 radical (unpaired) electrons. The molecule has 96 valence electrons. The SMILES string of the molecule is C#COC[C@H]1O[C@@H](n2ccc(=O)[nH]c2=O)C[C@@H]1F. The van der Waals surface area contributed by atoms with Crippen molar-refractivity contribution in [2.75, 3.05) is 6.61 Å². The Morgan fingerprint density at radius 2 is 2.44 bits per heavy atom. The van der Waals surface area contributed by atoms with Gasteiger partial charge in [0.1, 0.15) is 31.2 Å². The maximum absolute atomic E-state index is 13.6. The van der Waals surface area contributed by atoms with Crippen LogP contribution < -0.4 is 11.2 Å². The van der Waals surface area contributed by atoms with Gasteiger partial charge >= 0.3 is 5.69 Å². The molecule has 1 aromatic rings. The van der Waals surface area contributed by atoms with Crippen molar-refractivity contribution < 1.29 is 13.9 Å². The summed E-state index contributed by atoms with van der Waals surface area (Å²) in [6.07, 6.45) is 5.23. The zero-order valence-electron chi connectivity index (χ0n) is 9.34. The largest absolute Gasteiger partial charge is 0.444 e. The van der Waals surface area contributed by atoms with Crippen LogP contribution in [0, 0.1) is 12.5 Å². The summed E-state index contributed by atoms with van der Waals surface area (Å²) in [5.74, 6) is 0. The number of nitrogens with one attached hydrogen (secondary N) is 1. The van der Waals surface area contributed by atoms with Crippen molar-refractivity contribution in [3.05, 3.63) is 33.1 Å². The quantitative estimate of drug-likeness (QED) is 0.756. The molecular formula is C11H11FN2O4. The number of H-pyrrole nitrogens is 1. The van der Waals surface area contributed by atoms with Gasteiger partial charge in [-0.2, -0.15) is 0 Å². The normalized spacial score (nSPS) is 26.8. The highest BCUT2D eigenvalue weighted by molar-refractivity contribution is 4.88. The first kappa shape index (κ1) is 12.4. The molecule has 6 nitrogen and oxygen atoms in total. The van der Waals surface area contributed by atoms with E-state index in [4.69, 9.17) is 11.2 Å². The molecule has 1 aliphatic heterocycles. The van der Waals surface area contributed by atoms with Gasteiger partial charge in [0.2, 0.25) is 0 Å². The van der Waals surface area contributed by atoms with Crippen molar-refractivity contribution >= 4 is 0 Å². The number of hydrogen-bond acceptors (Lipinski definition) is 4. The van der Waals surface area contributed by atoms with Crippen molar-refractivity contribution in [2.24, 2.45) is 0 Å². The van der Waals surface area contributed by atoms with E-state index in [1.165, 1.54) is 12.3 Å². The van der Waals surface area contributed by atoms with E-state index in [1.54, 1.807) is 0 Å². The lowest BCUT2D eigenvalue weighted by molar-refractivity contribution is -0.0355. The summed E-state index contributed by atoms with van der Waals surface area (Å²) < 4.78 is 24.7. The number of halogens is 1. The topological polar surface area (TPSA) is 73.3 Å². The van der Waals surface area contributed by atoms with Crippen molar-refractivity contribution in [3.8, 4) is 12.5 Å². The second-order valence-electron chi connectivity index (χ2n) is 3.83. The molecule has 7 heteroatoms. The van der Waals surface area contributed by atoms with Crippen LogP contribution in [0.5, 0.6) is 0 Å². The number of aromatic nitrogens is 2. The van der Waals surface area contributed by atoms with Crippen LogP contribution in [0.2, 0.25) is 0 Å². The molecule has 0 unspecified atom stereocenters. The fourth-order valence-corrected chi connectivity index (χ4v) is 1.79. The Balaban J connectivity index is 2.14. The molecule has 2 heterocycles. The highest BCUT2D eigenvalue weighted by atomic mass is 19.1. The van der Waals surface area contributed by atoms with E-state index in [0.29, 0.717) is 0 Å². The Kier molecular flexibility index (Phi) is 3.48. The monoisotopic (exact) mass is 254 g/mol. The summed E-state index contributed by atoms with van der Waals surface area (Å²) in [6.45, 7) is -0.0771. The summed E-state index contributed by atoms with van der Waals surface area (Å²) >= 11 is 0. The van der Waals surface area contributed by atoms with Crippen molar-refractivity contribution in [1.82, 2.24) is 9.55 Å². The first-order valence-corrected chi connectivity index (χ1v) is 5.30. The molecule has 0 aromatic carbocycles. The van der Waals surface area contributed by atoms with Gasteiger partial charge in [-0.25, -0.2) is 9.18 Å². The molecule has 0 aliphatic carbocycles. The van der Waals surface area contributed by atoms with Gasteiger partial charge in [-0.3, -0.25) is 14.3 Å². The van der Waals surface area contributed by atoms with Crippen LogP contribution in [0.1, 0.15) is 12.6 Å². The van der Waals surface area contributed by atoms with Crippen molar-refractivity contribution in [1.29, 1.82) is 0 Å². The van der Waals surface area contributed by atoms with Gasteiger partial charge in [-0.15, -0.1) is 0 Å². The number of aromatic amines is 1. The standard InChI is InChI=1S/C11H11FN2O4/c1-2-17-6-8-7(12)5-10(18-8)14-4-3-9(15)13-11(14)16/h1,3-4,7-8,10H,5-6H2,(H,13,15,16)/t7-,8+,10+/m0/s1. The predicted octanol–water partition coefficient (Wildman–Crippen LogP) is -0.231. The molecule has 0 amide bonds. The second kappa shape index (κ2) is 5.06. The Morgan fingerprint density at radius 3 is 3.11 bits per heavy atom. The van der Waals surface area contributed by atoms with Crippen LogP contribution >= 0.6 is 0 Å². The molecule has 0 bridgehead atoms. The van der Waals surface area contributed by atoms with Crippen molar-refractivity contribution in [3.63, 3.8) is 0 Å². The minimum Gasteiger partial charge on any atom is -0.444 e. The molecule has 3 atom stereocenters. The third-order valence-corrected chi connectivity index (χ3v) is 2.65. The highest BCUT2D eigenvalue weighted by Crippen LogP contribution is 2.29. The van der Waals surface area contributed by atoms with E-state index in [0.717, 1.165) is 4.57 Å². The first-order chi connectivity index (χ1) is 8.61. The lowest BCUT2D eigenvalue weighted by Gasteiger charge is -2.14. The lowest BCUT2D eigenvalue weighted by atomic mass is 10.2. The van der Waals surface area contributed by atoms with E-state index >= 15 is 0 Å². The number of nitrogens with zero attached hydrogens (tertiary/aromatic N) is 1. The molecule has 1 saturated heterocycles. The number of terminal acetylenes is 1. The average Bonchev–Trinajstić information content (AvgIpc) is 2.68. The first-order valence-electron chi connectivity index (χ1n) is 5.30. The summed E-state index contributed by atoms with van der Waals surface area (Å²) in [4.78, 5) is 24.5. The number of rotatable bonds is 3. The maximum Gasteiger partial charge on any atom is 0.330 e. The third-order valence-electron chi connectivity index (χ3n) is 2.65. The third kappa shape index (κ3) is 2.43. The predicted molar refractivity (Wildman–Crippen MR) is 59.5 cm³/mol. The van der Waals surface area contributed by atoms with Crippen LogP contribution in [0.4, 0.5) is 4.39 Å². The van der Waals surface area contributed by atoms with E-state index in [2.05, 4.69) is 9.72 Å². The smallest absolute Gasteiger partial charge is 0.330 e. The average molecular weight is 254 g/mol. The molecule has 1 aliphatic rings. The summed E-state index contributed by atoms with van der Waals surface area (Å²) in [5.41, 5.74) is -1.16. The van der Waals surface area contributed by atoms with Gasteiger partial charge < -0.3 is 9.47 Å². The van der Waals surface area contributed by atoms with Crippen LogP contribution in [-0.4, -0.2) is 28.4 Å². The van der Waals surface area contributed by atoms with Gasteiger partial charge in [-0.1, -0.05) is 6.42 Å². The summed E-state index contributed by atoms with van der Waals surface area (Å²) in [5, 5.41) is 0. The number of hydrogen-bond donors (Lipinski definition) is 1. The van der Waals surface area contributed by atoms with E-state index in [-0.39, 0.29) is 13.0 Å². The second-order valence-corrected chi connectivity index (χ2v) is 3.83. The summed E-state index contributed by atoms with van der Waals surface area (Å²) in [6, 6.07) is 1.17. The zero-order valence-corrected chi connectivity index (χ0v) is 9.34. The van der Waals surface area contributed by atoms with Crippen molar-refractivity contribution in [2.45, 2.75) is 24.9 Å². The van der Waals surface area contributed by atoms with Gasteiger partial charge in [0.05, 0.1) is 0 Å². The Bertz CT molecular complexity index is 573. The summed E-state index contributed by atoms with van der Waals surface area (Å²) in [7, 11) is 0. The maximum atomic E-state index is 13.6. The van der Waals surface area contributed by atoms with E-state index < -0.39 is 29.8 Å². The van der Waals surface area contributed by atoms with Gasteiger partial charge in [-0.05, 0) is 0 Å². The molecule has 2 rings (SSSR count). The minimum absolute atomic E-state index is 0.00451. The Morgan fingerprint density at radius 1 is 1.67 bits per heavy atom.